The molecule has 0 aromatic heterocycles. The summed E-state index contributed by atoms with van der Waals surface area (Å²) in [7, 11) is 0. The van der Waals surface area contributed by atoms with Crippen molar-refractivity contribution in [1.29, 1.82) is 0 Å². The van der Waals surface area contributed by atoms with E-state index in [0.717, 1.165) is 18.6 Å². The summed E-state index contributed by atoms with van der Waals surface area (Å²) in [5.41, 5.74) is 4.90. The number of amides is 1. The van der Waals surface area contributed by atoms with Crippen LogP contribution in [0.5, 0.6) is 0 Å². The van der Waals surface area contributed by atoms with Crippen LogP contribution >= 0.6 is 24.0 Å². The zero-order chi connectivity index (χ0) is 12.6. The van der Waals surface area contributed by atoms with Gasteiger partial charge in [0.25, 0.3) is 0 Å². The van der Waals surface area contributed by atoms with E-state index in [1.54, 1.807) is 6.92 Å². The second-order valence-electron chi connectivity index (χ2n) is 4.01. The van der Waals surface area contributed by atoms with Gasteiger partial charge in [-0.3, -0.25) is 4.79 Å². The minimum Gasteiger partial charge on any atom is -0.392 e. The monoisotopic (exact) mass is 262 g/mol. The normalized spacial score (nSPS) is 14.2. The summed E-state index contributed by atoms with van der Waals surface area (Å²) >= 11 is 6.76. The Bertz CT molecular complexity index is 246. The van der Waals surface area contributed by atoms with Gasteiger partial charge in [0.15, 0.2) is 0 Å². The Balaban J connectivity index is 3.99. The Morgan fingerprint density at radius 2 is 2.12 bits per heavy atom. The first-order valence-electron chi connectivity index (χ1n) is 5.56. The average molecular weight is 262 g/mol. The van der Waals surface area contributed by atoms with Crippen LogP contribution in [0.2, 0.25) is 0 Å². The number of thiocarbonyl (C=S) groups is 1. The minimum atomic E-state index is -0.700. The molecular formula is C11H22N2OS2. The summed E-state index contributed by atoms with van der Waals surface area (Å²) in [5.74, 6) is 1.09. The van der Waals surface area contributed by atoms with Gasteiger partial charge in [-0.05, 0) is 38.2 Å². The van der Waals surface area contributed by atoms with E-state index in [4.69, 9.17) is 18.0 Å². The van der Waals surface area contributed by atoms with E-state index in [1.165, 1.54) is 0 Å². The number of carbonyl (C=O) groups is 1. The van der Waals surface area contributed by atoms with Crippen molar-refractivity contribution >= 4 is 34.9 Å². The molecule has 0 aromatic carbocycles. The van der Waals surface area contributed by atoms with Crippen LogP contribution in [0.15, 0.2) is 0 Å². The quantitative estimate of drug-likeness (QED) is 0.518. The molecule has 0 fully saturated rings. The molecule has 3 N–H and O–H groups in total. The van der Waals surface area contributed by atoms with Crippen molar-refractivity contribution < 1.29 is 4.79 Å². The number of nitrogens with two attached hydrogens (primary N) is 1. The lowest BCUT2D eigenvalue weighted by Gasteiger charge is -2.25. The largest absolute Gasteiger partial charge is 0.392 e. The summed E-state index contributed by atoms with van der Waals surface area (Å²) in [4.78, 5) is 12.2. The lowest BCUT2D eigenvalue weighted by Crippen LogP contribution is -2.46. The van der Waals surface area contributed by atoms with Gasteiger partial charge in [-0.25, -0.2) is 0 Å². The van der Waals surface area contributed by atoms with E-state index in [0.29, 0.717) is 13.0 Å². The Morgan fingerprint density at radius 3 is 2.56 bits per heavy atom. The zero-order valence-corrected chi connectivity index (χ0v) is 12.0. The van der Waals surface area contributed by atoms with Gasteiger partial charge in [-0.2, -0.15) is 11.8 Å². The fraction of sp³-hybridized carbons (Fsp3) is 0.818. The summed E-state index contributed by atoms with van der Waals surface area (Å²) in [6, 6.07) is 0. The van der Waals surface area contributed by atoms with E-state index in [-0.39, 0.29) is 10.9 Å². The maximum atomic E-state index is 11.9. The summed E-state index contributed by atoms with van der Waals surface area (Å²) in [6.45, 7) is 4.43. The standard InChI is InChI=1S/C11H22N2OS2/c1-4-11(2,9(12)15)10(14)13-7-5-6-8-16-3/h4-8H2,1-3H3,(H2,12,15)(H,13,14). The van der Waals surface area contributed by atoms with Gasteiger partial charge in [0.05, 0.1) is 10.4 Å². The molecular weight excluding hydrogens is 240 g/mol. The zero-order valence-electron chi connectivity index (χ0n) is 10.3. The highest BCUT2D eigenvalue weighted by molar-refractivity contribution is 7.98. The molecule has 0 rings (SSSR count). The topological polar surface area (TPSA) is 55.1 Å². The fourth-order valence-corrected chi connectivity index (χ4v) is 1.94. The first-order valence-corrected chi connectivity index (χ1v) is 7.36. The predicted molar refractivity (Wildman–Crippen MR) is 75.8 cm³/mol. The van der Waals surface area contributed by atoms with Crippen LogP contribution in [-0.2, 0) is 4.79 Å². The molecule has 3 nitrogen and oxygen atoms in total. The lowest BCUT2D eigenvalue weighted by atomic mass is 9.86. The smallest absolute Gasteiger partial charge is 0.232 e. The van der Waals surface area contributed by atoms with Gasteiger partial charge >= 0.3 is 0 Å². The minimum absolute atomic E-state index is 0.0494. The van der Waals surface area contributed by atoms with Crippen molar-refractivity contribution in [3.63, 3.8) is 0 Å². The maximum Gasteiger partial charge on any atom is 0.232 e. The molecule has 0 heterocycles. The number of nitrogens with one attached hydrogen (secondary N) is 1. The molecule has 94 valence electrons. The molecule has 1 atom stereocenters. The van der Waals surface area contributed by atoms with Crippen LogP contribution in [-0.4, -0.2) is 29.4 Å². The molecule has 0 aliphatic heterocycles. The van der Waals surface area contributed by atoms with Crippen LogP contribution in [0.25, 0.3) is 0 Å². The Labute approximate surface area is 108 Å². The molecule has 0 saturated heterocycles. The Hall–Kier alpha value is -0.290. The highest BCUT2D eigenvalue weighted by atomic mass is 32.2. The second-order valence-corrected chi connectivity index (χ2v) is 5.43. The molecule has 1 amide bonds. The average Bonchev–Trinajstić information content (AvgIpc) is 2.27. The van der Waals surface area contributed by atoms with Crippen LogP contribution in [0.3, 0.4) is 0 Å². The van der Waals surface area contributed by atoms with Gasteiger partial charge in [0.2, 0.25) is 5.91 Å². The van der Waals surface area contributed by atoms with E-state index in [1.807, 2.05) is 18.7 Å². The summed E-state index contributed by atoms with van der Waals surface area (Å²) in [6.07, 6.45) is 4.85. The maximum absolute atomic E-state index is 11.9. The van der Waals surface area contributed by atoms with E-state index >= 15 is 0 Å². The lowest BCUT2D eigenvalue weighted by molar-refractivity contribution is -0.126. The van der Waals surface area contributed by atoms with Crippen LogP contribution in [0.4, 0.5) is 0 Å². The number of hydrogen-bond acceptors (Lipinski definition) is 3. The van der Waals surface area contributed by atoms with Gasteiger partial charge in [0.1, 0.15) is 0 Å². The number of unbranched alkanes of at least 4 members (excludes halogenated alkanes) is 1. The molecule has 0 aliphatic carbocycles. The van der Waals surface area contributed by atoms with Crippen molar-refractivity contribution in [3.8, 4) is 0 Å². The number of rotatable bonds is 8. The fourth-order valence-electron chi connectivity index (χ4n) is 1.22. The van der Waals surface area contributed by atoms with Gasteiger partial charge in [-0.1, -0.05) is 19.1 Å². The van der Waals surface area contributed by atoms with Crippen LogP contribution < -0.4 is 11.1 Å². The summed E-state index contributed by atoms with van der Waals surface area (Å²) < 4.78 is 0. The molecule has 0 aliphatic rings. The molecule has 0 radical (unpaired) electrons. The highest BCUT2D eigenvalue weighted by Gasteiger charge is 2.33. The second kappa shape index (κ2) is 7.90. The van der Waals surface area contributed by atoms with Crippen LogP contribution in [0, 0.1) is 5.41 Å². The van der Waals surface area contributed by atoms with Crippen molar-refractivity contribution in [3.05, 3.63) is 0 Å². The molecule has 0 saturated carbocycles. The molecule has 0 bridgehead atoms. The van der Waals surface area contributed by atoms with Gasteiger partial charge in [-0.15, -0.1) is 0 Å². The van der Waals surface area contributed by atoms with Crippen LogP contribution in [0.1, 0.15) is 33.1 Å². The predicted octanol–water partition coefficient (Wildman–Crippen LogP) is 1.95. The Morgan fingerprint density at radius 1 is 1.50 bits per heavy atom. The van der Waals surface area contributed by atoms with Crippen molar-refractivity contribution in [2.75, 3.05) is 18.6 Å². The van der Waals surface area contributed by atoms with Gasteiger partial charge < -0.3 is 11.1 Å². The molecule has 0 aromatic rings. The van der Waals surface area contributed by atoms with E-state index in [2.05, 4.69) is 11.6 Å². The van der Waals surface area contributed by atoms with Crippen molar-refractivity contribution in [2.45, 2.75) is 33.1 Å². The van der Waals surface area contributed by atoms with Crippen molar-refractivity contribution in [1.82, 2.24) is 5.32 Å². The summed E-state index contributed by atoms with van der Waals surface area (Å²) in [5, 5.41) is 2.90. The third-order valence-electron chi connectivity index (χ3n) is 2.81. The Kier molecular flexibility index (Phi) is 7.76. The highest BCUT2D eigenvalue weighted by Crippen LogP contribution is 2.21. The molecule has 16 heavy (non-hydrogen) atoms. The third-order valence-corrected chi connectivity index (χ3v) is 3.96. The molecule has 0 spiro atoms. The van der Waals surface area contributed by atoms with E-state index < -0.39 is 5.41 Å². The van der Waals surface area contributed by atoms with E-state index in [9.17, 15) is 4.79 Å². The molecule has 5 heteroatoms. The SMILES string of the molecule is CCC(C)(C(=O)NCCCCSC)C(N)=S. The number of thioether (sulfide) groups is 1. The first kappa shape index (κ1) is 15.7. The van der Waals surface area contributed by atoms with Gasteiger partial charge in [0, 0.05) is 6.54 Å². The number of hydrogen-bond donors (Lipinski definition) is 2. The third kappa shape index (κ3) is 4.70. The number of carbonyl (C=O) groups excluding carboxylic acids is 1. The van der Waals surface area contributed by atoms with Crippen molar-refractivity contribution in [2.24, 2.45) is 11.1 Å². The first-order chi connectivity index (χ1) is 7.49. The molecule has 1 unspecified atom stereocenters.